The molecule has 2 unspecified atom stereocenters. The molecular formula is C31H34F3N5O2. The number of halogens is 3. The van der Waals surface area contributed by atoms with Gasteiger partial charge in [-0.3, -0.25) is 19.5 Å². The monoisotopic (exact) mass is 565 g/mol. The Labute approximate surface area is 237 Å². The van der Waals surface area contributed by atoms with Crippen LogP contribution in [0.3, 0.4) is 0 Å². The number of amides is 2. The second kappa shape index (κ2) is 11.7. The predicted octanol–water partition coefficient (Wildman–Crippen LogP) is 5.92. The van der Waals surface area contributed by atoms with E-state index in [1.807, 2.05) is 30.3 Å². The van der Waals surface area contributed by atoms with Gasteiger partial charge in [0.15, 0.2) is 11.5 Å². The number of alkyl halides is 3. The van der Waals surface area contributed by atoms with E-state index in [0.29, 0.717) is 29.9 Å². The van der Waals surface area contributed by atoms with Crippen LogP contribution in [0.4, 0.5) is 13.2 Å². The van der Waals surface area contributed by atoms with Crippen LogP contribution in [0.5, 0.6) is 0 Å². The van der Waals surface area contributed by atoms with Crippen LogP contribution in [0.2, 0.25) is 0 Å². The third kappa shape index (κ3) is 6.11. The molecule has 0 saturated carbocycles. The number of pyridine rings is 1. The quantitative estimate of drug-likeness (QED) is 0.349. The number of nitrogens with two attached hydrogens (primary N) is 1. The van der Waals surface area contributed by atoms with Crippen molar-refractivity contribution < 1.29 is 22.8 Å². The highest BCUT2D eigenvalue weighted by Gasteiger charge is 2.49. The molecule has 0 saturated heterocycles. The molecule has 1 aromatic heterocycles. The first-order chi connectivity index (χ1) is 19.3. The number of hydrogen-bond acceptors (Lipinski definition) is 5. The normalized spacial score (nSPS) is 18.0. The maximum atomic E-state index is 14.0. The third-order valence-electron chi connectivity index (χ3n) is 7.57. The van der Waals surface area contributed by atoms with Gasteiger partial charge in [0.25, 0.3) is 11.8 Å². The lowest BCUT2D eigenvalue weighted by atomic mass is 9.83. The molecule has 1 aliphatic rings. The van der Waals surface area contributed by atoms with Gasteiger partial charge in [0, 0.05) is 19.4 Å². The molecule has 0 aliphatic carbocycles. The molecule has 4 rings (SSSR count). The van der Waals surface area contributed by atoms with Gasteiger partial charge in [-0.05, 0) is 66.6 Å². The van der Waals surface area contributed by atoms with E-state index in [2.05, 4.69) is 23.8 Å². The first-order valence-corrected chi connectivity index (χ1v) is 13.4. The number of rotatable bonds is 9. The lowest BCUT2D eigenvalue weighted by Gasteiger charge is -2.28. The molecular weight excluding hydrogens is 531 g/mol. The summed E-state index contributed by atoms with van der Waals surface area (Å²) in [6.45, 7) is 5.70. The highest BCUT2D eigenvalue weighted by atomic mass is 19.4. The fraction of sp³-hybridized carbons (Fsp3) is 0.355. The Hall–Kier alpha value is -4.21. The molecule has 216 valence electrons. The summed E-state index contributed by atoms with van der Waals surface area (Å²) in [5.41, 5.74) is 5.26. The summed E-state index contributed by atoms with van der Waals surface area (Å²) in [5.74, 6) is -0.853. The first-order valence-electron chi connectivity index (χ1n) is 13.4. The molecule has 2 N–H and O–H groups in total. The molecule has 0 bridgehead atoms. The topological polar surface area (TPSA) is 91.9 Å². The van der Waals surface area contributed by atoms with Crippen molar-refractivity contribution >= 4 is 17.8 Å². The largest absolute Gasteiger partial charge is 0.417 e. The van der Waals surface area contributed by atoms with Gasteiger partial charge in [-0.25, -0.2) is 4.99 Å². The van der Waals surface area contributed by atoms with Gasteiger partial charge in [0.2, 0.25) is 0 Å². The summed E-state index contributed by atoms with van der Waals surface area (Å²) in [4.78, 5) is 38.5. The summed E-state index contributed by atoms with van der Waals surface area (Å²) in [6, 6.07) is 15.4. The molecule has 0 spiro atoms. The average Bonchev–Trinajstić information content (AvgIpc) is 3.20. The third-order valence-corrected chi connectivity index (χ3v) is 7.57. The van der Waals surface area contributed by atoms with E-state index in [-0.39, 0.29) is 18.4 Å². The van der Waals surface area contributed by atoms with Gasteiger partial charge in [0.05, 0.1) is 23.7 Å². The van der Waals surface area contributed by atoms with Crippen LogP contribution in [0, 0.1) is 5.92 Å². The number of guanidine groups is 1. The van der Waals surface area contributed by atoms with Gasteiger partial charge >= 0.3 is 6.18 Å². The van der Waals surface area contributed by atoms with Gasteiger partial charge in [-0.15, -0.1) is 0 Å². The molecule has 2 aromatic carbocycles. The van der Waals surface area contributed by atoms with Crippen molar-refractivity contribution in [1.29, 1.82) is 0 Å². The van der Waals surface area contributed by atoms with Crippen LogP contribution in [0.15, 0.2) is 78.0 Å². The summed E-state index contributed by atoms with van der Waals surface area (Å²) in [7, 11) is 1.46. The lowest BCUT2D eigenvalue weighted by molar-refractivity contribution is -0.138. The van der Waals surface area contributed by atoms with Crippen LogP contribution in [-0.2, 0) is 23.1 Å². The van der Waals surface area contributed by atoms with Crippen LogP contribution >= 0.6 is 0 Å². The molecule has 0 radical (unpaired) electrons. The fourth-order valence-electron chi connectivity index (χ4n) is 5.02. The fourth-order valence-corrected chi connectivity index (χ4v) is 5.02. The van der Waals surface area contributed by atoms with Crippen molar-refractivity contribution in [2.75, 3.05) is 7.05 Å². The van der Waals surface area contributed by atoms with Gasteiger partial charge < -0.3 is 10.6 Å². The van der Waals surface area contributed by atoms with Crippen molar-refractivity contribution in [3.05, 3.63) is 101 Å². The van der Waals surface area contributed by atoms with Gasteiger partial charge in [0.1, 0.15) is 0 Å². The Morgan fingerprint density at radius 3 is 2.32 bits per heavy atom. The van der Waals surface area contributed by atoms with Crippen LogP contribution in [0.25, 0.3) is 0 Å². The minimum atomic E-state index is -4.76. The van der Waals surface area contributed by atoms with E-state index >= 15 is 0 Å². The number of nitrogens with zero attached hydrogens (tertiary/aromatic N) is 4. The Morgan fingerprint density at radius 1 is 1.05 bits per heavy atom. The highest BCUT2D eigenvalue weighted by molar-refractivity contribution is 6.07. The Kier molecular flexibility index (Phi) is 8.51. The van der Waals surface area contributed by atoms with Crippen molar-refractivity contribution in [1.82, 2.24) is 14.8 Å². The number of hydrogen-bond donors (Lipinski definition) is 1. The van der Waals surface area contributed by atoms with Gasteiger partial charge in [-0.1, -0.05) is 50.2 Å². The Morgan fingerprint density at radius 2 is 1.71 bits per heavy atom. The summed E-state index contributed by atoms with van der Waals surface area (Å²) in [5, 5.41) is 0. The zero-order valence-corrected chi connectivity index (χ0v) is 23.5. The van der Waals surface area contributed by atoms with E-state index in [1.165, 1.54) is 29.0 Å². The molecule has 10 heteroatoms. The minimum absolute atomic E-state index is 0.0150. The zero-order valence-electron chi connectivity index (χ0n) is 23.5. The minimum Gasteiger partial charge on any atom is -0.369 e. The summed E-state index contributed by atoms with van der Waals surface area (Å²) >= 11 is 0. The highest BCUT2D eigenvalue weighted by Crippen LogP contribution is 2.39. The number of benzene rings is 2. The van der Waals surface area contributed by atoms with Crippen molar-refractivity contribution in [2.45, 2.75) is 57.9 Å². The van der Waals surface area contributed by atoms with E-state index in [1.54, 1.807) is 31.5 Å². The number of aromatic nitrogens is 1. The SMILES string of the molecule is CC(C)CCC1(c2ccccc2)N=C(N)N(Cc2ccc(C(F)(F)F)c(C(=O)N(C)C(C)c3ccncc3)c2)C1=O. The first kappa shape index (κ1) is 29.8. The van der Waals surface area contributed by atoms with E-state index in [9.17, 15) is 22.8 Å². The Bertz CT molecular complexity index is 1430. The molecule has 1 aliphatic heterocycles. The van der Waals surface area contributed by atoms with E-state index in [4.69, 9.17) is 5.73 Å². The standard InChI is InChI=1S/C31H34F3N5O2/c1-20(2)12-15-30(24-8-6-5-7-9-24)28(41)39(29(35)37-30)19-22-10-11-26(31(32,33)34)25(18-22)27(40)38(4)21(3)23-13-16-36-17-14-23/h5-11,13-14,16-18,20-21H,12,15,19H2,1-4H3,(H2,35,37). The lowest BCUT2D eigenvalue weighted by Crippen LogP contribution is -2.42. The summed E-state index contributed by atoms with van der Waals surface area (Å²) < 4.78 is 42.0. The van der Waals surface area contributed by atoms with Crippen LogP contribution in [-0.4, -0.2) is 39.6 Å². The predicted molar refractivity (Wildman–Crippen MR) is 151 cm³/mol. The van der Waals surface area contributed by atoms with Crippen LogP contribution in [0.1, 0.15) is 72.3 Å². The van der Waals surface area contributed by atoms with E-state index in [0.717, 1.165) is 11.6 Å². The van der Waals surface area contributed by atoms with Crippen molar-refractivity contribution in [3.63, 3.8) is 0 Å². The van der Waals surface area contributed by atoms with Crippen LogP contribution < -0.4 is 5.73 Å². The van der Waals surface area contributed by atoms with Crippen molar-refractivity contribution in [2.24, 2.45) is 16.6 Å². The molecule has 41 heavy (non-hydrogen) atoms. The van der Waals surface area contributed by atoms with Crippen molar-refractivity contribution in [3.8, 4) is 0 Å². The van der Waals surface area contributed by atoms with E-state index < -0.39 is 34.8 Å². The number of aliphatic imine (C=N–C) groups is 1. The smallest absolute Gasteiger partial charge is 0.369 e. The molecule has 2 heterocycles. The second-order valence-electron chi connectivity index (χ2n) is 10.8. The van der Waals surface area contributed by atoms with Gasteiger partial charge in [-0.2, -0.15) is 13.2 Å². The molecule has 7 nitrogen and oxygen atoms in total. The number of carbonyl (C=O) groups is 2. The number of carbonyl (C=O) groups excluding carboxylic acids is 2. The molecule has 0 fully saturated rings. The maximum absolute atomic E-state index is 14.0. The zero-order chi connectivity index (χ0) is 29.9. The average molecular weight is 566 g/mol. The maximum Gasteiger partial charge on any atom is 0.417 e. The molecule has 2 atom stereocenters. The second-order valence-corrected chi connectivity index (χ2v) is 10.8. The molecule has 3 aromatic rings. The summed E-state index contributed by atoms with van der Waals surface area (Å²) in [6.07, 6.45) is -0.498. The Balaban J connectivity index is 1.68. The molecule has 2 amide bonds.